The number of carbonyl (C=O) groups is 2. The minimum atomic E-state index is -0.400. The van der Waals surface area contributed by atoms with Gasteiger partial charge >= 0.3 is 6.09 Å². The average Bonchev–Trinajstić information content (AvgIpc) is 3.36. The molecule has 26 heavy (non-hydrogen) atoms. The Labute approximate surface area is 150 Å². The third-order valence-corrected chi connectivity index (χ3v) is 4.79. The average molecular weight is 353 g/mol. The summed E-state index contributed by atoms with van der Waals surface area (Å²) < 4.78 is 16.0. The number of rotatable bonds is 3. The maximum Gasteiger partial charge on any atom is 0.410 e. The second-order valence-corrected chi connectivity index (χ2v) is 6.27. The molecule has 2 atom stereocenters. The molecule has 6 heteroatoms. The van der Waals surface area contributed by atoms with Crippen molar-refractivity contribution in [3.63, 3.8) is 0 Å². The highest BCUT2D eigenvalue weighted by atomic mass is 16.6. The number of piperidine rings is 1. The Morgan fingerprint density at radius 3 is 2.08 bits per heavy atom. The molecule has 2 fully saturated rings. The summed E-state index contributed by atoms with van der Waals surface area (Å²) in [5.74, 6) is 1.09. The van der Waals surface area contributed by atoms with E-state index in [-0.39, 0.29) is 24.5 Å². The molecule has 2 aromatic heterocycles. The lowest BCUT2D eigenvalue weighted by molar-refractivity contribution is -0.114. The van der Waals surface area contributed by atoms with Crippen molar-refractivity contribution in [3.05, 3.63) is 59.5 Å². The molecule has 2 bridgehead atoms. The van der Waals surface area contributed by atoms with E-state index in [1.807, 2.05) is 0 Å². The molecule has 2 aliphatic heterocycles. The molecule has 2 aliphatic rings. The van der Waals surface area contributed by atoms with Crippen molar-refractivity contribution in [2.75, 3.05) is 6.61 Å². The van der Waals surface area contributed by atoms with Crippen LogP contribution in [0, 0.1) is 0 Å². The fourth-order valence-electron chi connectivity index (χ4n) is 3.72. The van der Waals surface area contributed by atoms with E-state index in [0.29, 0.717) is 35.5 Å². The smallest absolute Gasteiger partial charge is 0.410 e. The number of hydrogen-bond acceptors (Lipinski definition) is 5. The maximum atomic E-state index is 13.2. The number of ether oxygens (including phenoxy) is 1. The maximum absolute atomic E-state index is 13.2. The van der Waals surface area contributed by atoms with Crippen LogP contribution in [0.4, 0.5) is 4.79 Å². The van der Waals surface area contributed by atoms with Gasteiger partial charge in [-0.15, -0.1) is 0 Å². The first-order valence-corrected chi connectivity index (χ1v) is 8.69. The van der Waals surface area contributed by atoms with Gasteiger partial charge in [-0.2, -0.15) is 0 Å². The lowest BCUT2D eigenvalue weighted by Crippen LogP contribution is -2.49. The van der Waals surface area contributed by atoms with E-state index < -0.39 is 6.09 Å². The third kappa shape index (κ3) is 2.77. The monoisotopic (exact) mass is 353 g/mol. The van der Waals surface area contributed by atoms with E-state index in [4.69, 9.17) is 13.6 Å². The van der Waals surface area contributed by atoms with E-state index in [9.17, 15) is 9.59 Å². The molecule has 0 unspecified atom stereocenters. The number of furan rings is 2. The first-order chi connectivity index (χ1) is 12.7. The van der Waals surface area contributed by atoms with Crippen LogP contribution >= 0.6 is 0 Å². The lowest BCUT2D eigenvalue weighted by atomic mass is 9.89. The first-order valence-electron chi connectivity index (χ1n) is 8.69. The number of carbonyl (C=O) groups excluding carboxylic acids is 2. The molecule has 2 aromatic rings. The van der Waals surface area contributed by atoms with Gasteiger partial charge in [-0.25, -0.2) is 4.79 Å². The summed E-state index contributed by atoms with van der Waals surface area (Å²) in [7, 11) is 0. The van der Waals surface area contributed by atoms with Crippen LogP contribution in [0.25, 0.3) is 12.2 Å². The summed E-state index contributed by atoms with van der Waals surface area (Å²) in [6.07, 6.45) is 7.56. The quantitative estimate of drug-likeness (QED) is 0.782. The van der Waals surface area contributed by atoms with Gasteiger partial charge in [0, 0.05) is 11.1 Å². The number of amides is 1. The van der Waals surface area contributed by atoms with Gasteiger partial charge in [-0.05, 0) is 56.2 Å². The topological polar surface area (TPSA) is 72.9 Å². The molecule has 0 aromatic carbocycles. The van der Waals surface area contributed by atoms with Crippen molar-refractivity contribution in [3.8, 4) is 0 Å². The molecule has 134 valence electrons. The molecule has 0 aliphatic carbocycles. The number of nitrogens with zero attached hydrogens (tertiary/aromatic N) is 1. The van der Waals surface area contributed by atoms with Gasteiger partial charge in [0.15, 0.2) is 5.78 Å². The minimum absolute atomic E-state index is 0.0779. The number of Topliss-reactive ketones (excluding diaryl/α,β-unsaturated/α-hetero) is 1. The van der Waals surface area contributed by atoms with E-state index >= 15 is 0 Å². The van der Waals surface area contributed by atoms with Crippen LogP contribution in [0.1, 0.15) is 31.3 Å². The third-order valence-electron chi connectivity index (χ3n) is 4.79. The molecule has 2 saturated heterocycles. The van der Waals surface area contributed by atoms with Crippen molar-refractivity contribution < 1.29 is 23.2 Å². The Bertz CT molecular complexity index is 798. The van der Waals surface area contributed by atoms with Gasteiger partial charge in [-0.3, -0.25) is 9.69 Å². The first kappa shape index (κ1) is 16.4. The highest BCUT2D eigenvalue weighted by molar-refractivity contribution is 6.16. The van der Waals surface area contributed by atoms with Crippen LogP contribution in [-0.2, 0) is 9.53 Å². The Morgan fingerprint density at radius 2 is 1.65 bits per heavy atom. The van der Waals surface area contributed by atoms with Gasteiger partial charge in [-0.1, -0.05) is 0 Å². The second kappa shape index (κ2) is 6.71. The highest BCUT2D eigenvalue weighted by Gasteiger charge is 2.49. The van der Waals surface area contributed by atoms with Crippen LogP contribution in [0.15, 0.2) is 56.8 Å². The summed E-state index contributed by atoms with van der Waals surface area (Å²) in [5, 5.41) is 0. The van der Waals surface area contributed by atoms with Gasteiger partial charge in [0.1, 0.15) is 11.5 Å². The van der Waals surface area contributed by atoms with Crippen LogP contribution < -0.4 is 0 Å². The molecule has 0 radical (unpaired) electrons. The Balaban J connectivity index is 1.80. The zero-order valence-corrected chi connectivity index (χ0v) is 14.4. The van der Waals surface area contributed by atoms with E-state index in [0.717, 1.165) is 0 Å². The standard InChI is InChI=1S/C20H19NO5/c1-2-24-20(23)21-17-7-8-18(21)16(12-14-6-4-10-26-14)19(22)15(17)11-13-5-3-9-25-13/h3-6,9-12,17-18H,2,7-8H2,1H3/b15-11+,16-12?/t17-,18+/m0/s1. The normalized spacial score (nSPS) is 25.3. The predicted molar refractivity (Wildman–Crippen MR) is 94.0 cm³/mol. The molecule has 0 N–H and O–H groups in total. The summed E-state index contributed by atoms with van der Waals surface area (Å²) >= 11 is 0. The van der Waals surface area contributed by atoms with Crippen molar-refractivity contribution >= 4 is 24.0 Å². The van der Waals surface area contributed by atoms with Crippen LogP contribution in [0.2, 0.25) is 0 Å². The van der Waals surface area contributed by atoms with Gasteiger partial charge in [0.25, 0.3) is 0 Å². The Morgan fingerprint density at radius 1 is 1.12 bits per heavy atom. The predicted octanol–water partition coefficient (Wildman–Crippen LogP) is 3.91. The van der Waals surface area contributed by atoms with Crippen LogP contribution in [-0.4, -0.2) is 35.5 Å². The van der Waals surface area contributed by atoms with Crippen molar-refractivity contribution in [1.82, 2.24) is 4.90 Å². The van der Waals surface area contributed by atoms with Crippen LogP contribution in [0.5, 0.6) is 0 Å². The van der Waals surface area contributed by atoms with Crippen molar-refractivity contribution in [1.29, 1.82) is 0 Å². The van der Waals surface area contributed by atoms with Crippen molar-refractivity contribution in [2.45, 2.75) is 31.8 Å². The Hall–Kier alpha value is -3.02. The molecule has 6 nitrogen and oxygen atoms in total. The summed E-state index contributed by atoms with van der Waals surface area (Å²) in [4.78, 5) is 27.4. The summed E-state index contributed by atoms with van der Waals surface area (Å²) in [6.45, 7) is 2.06. The van der Waals surface area contributed by atoms with Gasteiger partial charge in [0.2, 0.25) is 0 Å². The van der Waals surface area contributed by atoms with Crippen molar-refractivity contribution in [2.24, 2.45) is 0 Å². The fourth-order valence-corrected chi connectivity index (χ4v) is 3.72. The fraction of sp³-hybridized carbons (Fsp3) is 0.300. The molecular formula is C20H19NO5. The molecular weight excluding hydrogens is 334 g/mol. The molecule has 0 spiro atoms. The molecule has 4 rings (SSSR count). The SMILES string of the molecule is CCOC(=O)N1[C@@H]2CC[C@H]1/C(=C\c1ccco1)C(=O)C2=Cc1ccco1. The number of hydrogen-bond donors (Lipinski definition) is 0. The number of fused-ring (bicyclic) bond motifs is 2. The molecule has 0 saturated carbocycles. The lowest BCUT2D eigenvalue weighted by Gasteiger charge is -2.36. The van der Waals surface area contributed by atoms with Crippen LogP contribution in [0.3, 0.4) is 0 Å². The summed E-state index contributed by atoms with van der Waals surface area (Å²) in [5.41, 5.74) is 1.08. The zero-order valence-electron chi connectivity index (χ0n) is 14.4. The largest absolute Gasteiger partial charge is 0.465 e. The van der Waals surface area contributed by atoms with E-state index in [2.05, 4.69) is 0 Å². The van der Waals surface area contributed by atoms with E-state index in [1.54, 1.807) is 60.8 Å². The zero-order chi connectivity index (χ0) is 18.1. The molecule has 1 amide bonds. The second-order valence-electron chi connectivity index (χ2n) is 6.27. The number of ketones is 1. The molecule has 4 heterocycles. The minimum Gasteiger partial charge on any atom is -0.465 e. The highest BCUT2D eigenvalue weighted by Crippen LogP contribution is 2.41. The van der Waals surface area contributed by atoms with E-state index in [1.165, 1.54) is 0 Å². The Kier molecular flexibility index (Phi) is 4.24. The van der Waals surface area contributed by atoms with Gasteiger partial charge in [0.05, 0.1) is 31.2 Å². The van der Waals surface area contributed by atoms with Gasteiger partial charge < -0.3 is 13.6 Å². The summed E-state index contributed by atoms with van der Waals surface area (Å²) in [6, 6.07) is 6.49.